The fourth-order valence-corrected chi connectivity index (χ4v) is 3.94. The number of carbonyl (C=O) groups excluding carboxylic acids is 1. The number of carbonyl (C=O) groups is 2. The van der Waals surface area contributed by atoms with Crippen LogP contribution in [-0.2, 0) is 16.0 Å². The summed E-state index contributed by atoms with van der Waals surface area (Å²) in [6, 6.07) is 10.8. The van der Waals surface area contributed by atoms with Crippen LogP contribution in [0.15, 0.2) is 42.5 Å². The number of urea groups is 1. The molecule has 2 aromatic rings. The molecule has 0 aliphatic rings. The topological polar surface area (TPSA) is 131 Å². The molecule has 0 aliphatic carbocycles. The van der Waals surface area contributed by atoms with E-state index in [9.17, 15) is 33.6 Å². The zero-order valence-electron chi connectivity index (χ0n) is 23.0. The second kappa shape index (κ2) is 15.7. The Morgan fingerprint density at radius 3 is 2.42 bits per heavy atom. The van der Waals surface area contributed by atoms with Crippen LogP contribution in [0.3, 0.4) is 0 Å². The maximum Gasteiger partial charge on any atom is 0.333 e. The third kappa shape index (κ3) is 11.5. The Labute approximate surface area is 232 Å². The number of alkyl halides is 2. The van der Waals surface area contributed by atoms with Gasteiger partial charge in [-0.05, 0) is 57.4 Å². The third-order valence-electron chi connectivity index (χ3n) is 6.11. The zero-order chi connectivity index (χ0) is 29.7. The van der Waals surface area contributed by atoms with Gasteiger partial charge in [0.1, 0.15) is 12.4 Å². The number of carboxylic acids is 1. The van der Waals surface area contributed by atoms with Gasteiger partial charge in [0.15, 0.2) is 6.10 Å². The van der Waals surface area contributed by atoms with Gasteiger partial charge in [-0.1, -0.05) is 24.6 Å². The zero-order valence-corrected chi connectivity index (χ0v) is 23.0. The van der Waals surface area contributed by atoms with Gasteiger partial charge in [-0.25, -0.2) is 18.4 Å². The summed E-state index contributed by atoms with van der Waals surface area (Å²) in [4.78, 5) is 36.5. The van der Waals surface area contributed by atoms with Crippen molar-refractivity contribution in [2.75, 3.05) is 31.6 Å². The predicted octanol–water partition coefficient (Wildman–Crippen LogP) is 6.06. The van der Waals surface area contributed by atoms with Crippen LogP contribution < -0.4 is 10.1 Å². The van der Waals surface area contributed by atoms with Gasteiger partial charge in [-0.3, -0.25) is 10.1 Å². The molecular weight excluding hydrogens is 528 g/mol. The Hall–Kier alpha value is -3.80. The van der Waals surface area contributed by atoms with Crippen LogP contribution in [0.5, 0.6) is 5.75 Å². The number of nitrogens with zero attached hydrogens (tertiary/aromatic N) is 2. The molecule has 0 radical (unpaired) electrons. The standard InChI is InChI=1S/C28H37F2N3O7/c1-4-39-25(26(34)35)18-21-9-12-23(13-10-21)40-17-16-32(15-7-5-6-14-28(3,29)30)27(36)31-22-11-8-20(2)24(19-22)33(37)38/h8-13,19,25H,4-7,14-18H2,1-3H3,(H,31,36)(H,34,35). The second-order valence-corrected chi connectivity index (χ2v) is 9.54. The van der Waals surface area contributed by atoms with Crippen molar-refractivity contribution in [3.8, 4) is 5.75 Å². The monoisotopic (exact) mass is 565 g/mol. The Bertz CT molecular complexity index is 1120. The Balaban J connectivity index is 1.99. The van der Waals surface area contributed by atoms with Gasteiger partial charge in [-0.15, -0.1) is 0 Å². The van der Waals surface area contributed by atoms with E-state index < -0.39 is 29.0 Å². The Morgan fingerprint density at radius 1 is 1.12 bits per heavy atom. The van der Waals surface area contributed by atoms with E-state index in [0.717, 1.165) is 12.5 Å². The molecule has 0 bridgehead atoms. The number of halogens is 2. The molecule has 0 aliphatic heterocycles. The molecule has 2 amide bonds. The summed E-state index contributed by atoms with van der Waals surface area (Å²) in [5, 5.41) is 23.2. The van der Waals surface area contributed by atoms with Crippen LogP contribution in [0.2, 0.25) is 0 Å². The van der Waals surface area contributed by atoms with Crippen LogP contribution in [-0.4, -0.2) is 65.3 Å². The van der Waals surface area contributed by atoms with Gasteiger partial charge in [0.2, 0.25) is 5.92 Å². The molecule has 0 saturated heterocycles. The fourth-order valence-electron chi connectivity index (χ4n) is 3.94. The number of unbranched alkanes of at least 4 members (excludes halogenated alkanes) is 2. The first-order valence-corrected chi connectivity index (χ1v) is 13.1. The highest BCUT2D eigenvalue weighted by Gasteiger charge is 2.21. The highest BCUT2D eigenvalue weighted by Crippen LogP contribution is 2.23. The second-order valence-electron chi connectivity index (χ2n) is 9.54. The number of carboxylic acid groups (broad SMARTS) is 1. The lowest BCUT2D eigenvalue weighted by atomic mass is 10.1. The lowest BCUT2D eigenvalue weighted by Crippen LogP contribution is -2.38. The minimum atomic E-state index is -2.74. The number of benzene rings is 2. The van der Waals surface area contributed by atoms with Gasteiger partial charge in [0.05, 0.1) is 11.5 Å². The van der Waals surface area contributed by atoms with E-state index in [1.165, 1.54) is 11.0 Å². The minimum absolute atomic E-state index is 0.118. The molecule has 12 heteroatoms. The van der Waals surface area contributed by atoms with Gasteiger partial charge in [-0.2, -0.15) is 0 Å². The number of anilines is 1. The smallest absolute Gasteiger partial charge is 0.333 e. The van der Waals surface area contributed by atoms with E-state index in [4.69, 9.17) is 9.47 Å². The molecule has 0 fully saturated rings. The molecule has 0 saturated carbocycles. The Morgan fingerprint density at radius 2 is 1.82 bits per heavy atom. The van der Waals surface area contributed by atoms with E-state index in [1.807, 2.05) is 0 Å². The maximum absolute atomic E-state index is 13.1. The number of nitro benzene ring substituents is 1. The molecule has 220 valence electrons. The summed E-state index contributed by atoms with van der Waals surface area (Å²) in [6.45, 7) is 5.08. The van der Waals surface area contributed by atoms with Crippen molar-refractivity contribution >= 4 is 23.4 Å². The molecule has 2 N–H and O–H groups in total. The third-order valence-corrected chi connectivity index (χ3v) is 6.11. The number of ether oxygens (including phenoxy) is 2. The van der Waals surface area contributed by atoms with Crippen molar-refractivity contribution in [3.63, 3.8) is 0 Å². The largest absolute Gasteiger partial charge is 0.492 e. The number of aliphatic carboxylic acids is 1. The first-order chi connectivity index (χ1) is 18.9. The summed E-state index contributed by atoms with van der Waals surface area (Å²) in [5.74, 6) is -3.26. The average Bonchev–Trinajstić information content (AvgIpc) is 2.88. The molecule has 0 spiro atoms. The number of nitrogens with one attached hydrogen (secondary N) is 1. The van der Waals surface area contributed by atoms with Crippen molar-refractivity contribution in [2.24, 2.45) is 0 Å². The number of hydrogen-bond acceptors (Lipinski definition) is 6. The van der Waals surface area contributed by atoms with Crippen molar-refractivity contribution in [2.45, 2.75) is 64.9 Å². The first kappa shape index (κ1) is 32.4. The summed E-state index contributed by atoms with van der Waals surface area (Å²) in [6.07, 6.45) is 0.350. The summed E-state index contributed by atoms with van der Waals surface area (Å²) < 4.78 is 37.2. The van der Waals surface area contributed by atoms with Gasteiger partial charge < -0.3 is 24.8 Å². The predicted molar refractivity (Wildman–Crippen MR) is 146 cm³/mol. The van der Waals surface area contributed by atoms with Crippen molar-refractivity contribution in [3.05, 3.63) is 63.7 Å². The average molecular weight is 566 g/mol. The minimum Gasteiger partial charge on any atom is -0.492 e. The van der Waals surface area contributed by atoms with Crippen LogP contribution in [0.4, 0.5) is 25.0 Å². The number of aryl methyl sites for hydroxylation is 1. The number of rotatable bonds is 17. The van der Waals surface area contributed by atoms with Gasteiger partial charge >= 0.3 is 12.0 Å². The summed E-state index contributed by atoms with van der Waals surface area (Å²) >= 11 is 0. The SMILES string of the molecule is CCOC(Cc1ccc(OCCN(CCCCCC(C)(F)F)C(=O)Nc2ccc(C)c([N+](=O)[O-])c2)cc1)C(=O)O. The normalized spacial score (nSPS) is 12.0. The summed E-state index contributed by atoms with van der Waals surface area (Å²) in [7, 11) is 0. The van der Waals surface area contributed by atoms with E-state index in [2.05, 4.69) is 5.32 Å². The molecule has 2 rings (SSSR count). The molecule has 1 unspecified atom stereocenters. The van der Waals surface area contributed by atoms with Crippen molar-refractivity contribution < 1.29 is 37.9 Å². The lowest BCUT2D eigenvalue weighted by Gasteiger charge is -2.23. The first-order valence-electron chi connectivity index (χ1n) is 13.1. The molecule has 0 aromatic heterocycles. The molecule has 10 nitrogen and oxygen atoms in total. The van der Waals surface area contributed by atoms with E-state index in [1.54, 1.807) is 50.2 Å². The highest BCUT2D eigenvalue weighted by atomic mass is 19.3. The lowest BCUT2D eigenvalue weighted by molar-refractivity contribution is -0.385. The van der Waals surface area contributed by atoms with Crippen molar-refractivity contribution in [1.82, 2.24) is 4.90 Å². The van der Waals surface area contributed by atoms with Crippen molar-refractivity contribution in [1.29, 1.82) is 0 Å². The quantitative estimate of drug-likeness (QED) is 0.135. The molecule has 0 heterocycles. The van der Waals surface area contributed by atoms with Crippen LogP contribution >= 0.6 is 0 Å². The maximum atomic E-state index is 13.1. The number of nitro groups is 1. The molecule has 1 atom stereocenters. The van der Waals surface area contributed by atoms with E-state index in [-0.39, 0.29) is 50.5 Å². The number of hydrogen-bond donors (Lipinski definition) is 2. The number of amides is 2. The molecule has 2 aromatic carbocycles. The molecule has 40 heavy (non-hydrogen) atoms. The Kier molecular flexibility index (Phi) is 12.7. The van der Waals surface area contributed by atoms with Crippen LogP contribution in [0.1, 0.15) is 50.7 Å². The van der Waals surface area contributed by atoms with E-state index in [0.29, 0.717) is 30.6 Å². The van der Waals surface area contributed by atoms with E-state index >= 15 is 0 Å². The van der Waals surface area contributed by atoms with Gasteiger partial charge in [0.25, 0.3) is 5.69 Å². The molecular formula is C28H37F2N3O7. The summed E-state index contributed by atoms with van der Waals surface area (Å²) in [5.41, 5.74) is 1.37. The van der Waals surface area contributed by atoms with Crippen LogP contribution in [0, 0.1) is 17.0 Å². The van der Waals surface area contributed by atoms with Crippen LogP contribution in [0.25, 0.3) is 0 Å². The van der Waals surface area contributed by atoms with Gasteiger partial charge in [0, 0.05) is 43.3 Å². The highest BCUT2D eigenvalue weighted by molar-refractivity contribution is 5.89. The fraction of sp³-hybridized carbons (Fsp3) is 0.500.